The lowest BCUT2D eigenvalue weighted by atomic mass is 9.98. The maximum absolute atomic E-state index is 13.2. The smallest absolute Gasteiger partial charge is 0.258 e. The highest BCUT2D eigenvalue weighted by Crippen LogP contribution is 2.29. The molecule has 3 aromatic rings. The van der Waals surface area contributed by atoms with Crippen molar-refractivity contribution >= 4 is 11.8 Å². The first kappa shape index (κ1) is 25.6. The Morgan fingerprint density at radius 3 is 2.14 bits per heavy atom. The summed E-state index contributed by atoms with van der Waals surface area (Å²) in [6.07, 6.45) is 0. The molecule has 0 aliphatic heterocycles. The molecule has 0 saturated carbocycles. The summed E-state index contributed by atoms with van der Waals surface area (Å²) in [6.45, 7) is 6.13. The minimum Gasteiger partial charge on any atom is -0.494 e. The Bertz CT molecular complexity index is 1110. The van der Waals surface area contributed by atoms with Crippen molar-refractivity contribution in [2.75, 3.05) is 20.3 Å². The van der Waals surface area contributed by atoms with Crippen molar-refractivity contribution in [3.05, 3.63) is 89.5 Å². The van der Waals surface area contributed by atoms with Crippen molar-refractivity contribution < 1.29 is 23.8 Å². The number of carbonyl (C=O) groups is 2. The molecule has 0 fully saturated rings. The number of nitrogens with one attached hydrogen (secondary N) is 2. The first-order chi connectivity index (χ1) is 16.9. The number of rotatable bonds is 11. The van der Waals surface area contributed by atoms with Crippen LogP contribution < -0.4 is 24.8 Å². The molecule has 7 heteroatoms. The molecule has 1 atom stereocenters. The molecular weight excluding hydrogens is 444 g/mol. The highest BCUT2D eigenvalue weighted by molar-refractivity contribution is 5.95. The lowest BCUT2D eigenvalue weighted by Crippen LogP contribution is -2.34. The molecule has 0 aliphatic carbocycles. The van der Waals surface area contributed by atoms with Crippen LogP contribution in [0.3, 0.4) is 0 Å². The Hall–Kier alpha value is -4.00. The van der Waals surface area contributed by atoms with Gasteiger partial charge in [-0.2, -0.15) is 0 Å². The third-order valence-electron chi connectivity index (χ3n) is 5.17. The minimum absolute atomic E-state index is 0.0204. The molecule has 0 spiro atoms. The molecule has 0 aliphatic rings. The number of ether oxygens (including phenoxy) is 3. The molecule has 0 aromatic heterocycles. The van der Waals surface area contributed by atoms with Crippen LogP contribution in [0.15, 0.2) is 72.8 Å². The average molecular weight is 477 g/mol. The monoisotopic (exact) mass is 476 g/mol. The third-order valence-corrected chi connectivity index (χ3v) is 5.17. The van der Waals surface area contributed by atoms with Crippen molar-refractivity contribution in [1.82, 2.24) is 10.6 Å². The van der Waals surface area contributed by atoms with Crippen molar-refractivity contribution in [3.8, 4) is 17.2 Å². The van der Waals surface area contributed by atoms with Gasteiger partial charge in [0.1, 0.15) is 5.75 Å². The number of hydrogen-bond acceptors (Lipinski definition) is 5. The van der Waals surface area contributed by atoms with Gasteiger partial charge in [0.05, 0.1) is 19.8 Å². The third kappa shape index (κ3) is 7.24. The zero-order valence-corrected chi connectivity index (χ0v) is 20.5. The van der Waals surface area contributed by atoms with Crippen LogP contribution in [0.4, 0.5) is 0 Å². The fourth-order valence-corrected chi connectivity index (χ4v) is 3.58. The number of hydrogen-bond donors (Lipinski definition) is 2. The highest BCUT2D eigenvalue weighted by Gasteiger charge is 2.19. The summed E-state index contributed by atoms with van der Waals surface area (Å²) < 4.78 is 16.6. The van der Waals surface area contributed by atoms with E-state index in [1.807, 2.05) is 75.4 Å². The predicted molar refractivity (Wildman–Crippen MR) is 135 cm³/mol. The van der Waals surface area contributed by atoms with Gasteiger partial charge in [0.25, 0.3) is 11.8 Å². The van der Waals surface area contributed by atoms with Crippen LogP contribution in [-0.2, 0) is 4.79 Å². The van der Waals surface area contributed by atoms with Gasteiger partial charge in [0, 0.05) is 11.6 Å². The first-order valence-electron chi connectivity index (χ1n) is 11.6. The molecule has 1 unspecified atom stereocenters. The van der Waals surface area contributed by atoms with E-state index < -0.39 is 0 Å². The molecule has 0 bridgehead atoms. The standard InChI is InChI=1S/C28H32N2O5/c1-5-34-23-14-11-21(12-15-23)27(20-9-7-6-8-10-20)30-28(32)22-13-16-24(25(17-22)33-4)35-18-26(31)29-19(2)3/h6-17,19,27H,5,18H2,1-4H3,(H,29,31)(H,30,32). The number of methoxy groups -OCH3 is 1. The molecule has 7 nitrogen and oxygen atoms in total. The first-order valence-corrected chi connectivity index (χ1v) is 11.6. The zero-order valence-electron chi connectivity index (χ0n) is 20.5. The van der Waals surface area contributed by atoms with E-state index in [4.69, 9.17) is 14.2 Å². The average Bonchev–Trinajstić information content (AvgIpc) is 2.86. The van der Waals surface area contributed by atoms with E-state index in [1.54, 1.807) is 18.2 Å². The highest BCUT2D eigenvalue weighted by atomic mass is 16.5. The number of carbonyl (C=O) groups excluding carboxylic acids is 2. The van der Waals surface area contributed by atoms with Crippen LogP contribution in [0.2, 0.25) is 0 Å². The van der Waals surface area contributed by atoms with Gasteiger partial charge >= 0.3 is 0 Å². The summed E-state index contributed by atoms with van der Waals surface area (Å²) in [5.74, 6) is 1.03. The predicted octanol–water partition coefficient (Wildman–Crippen LogP) is 4.52. The Labute approximate surface area is 206 Å². The van der Waals surface area contributed by atoms with E-state index in [0.29, 0.717) is 23.7 Å². The fourth-order valence-electron chi connectivity index (χ4n) is 3.58. The van der Waals surface area contributed by atoms with E-state index in [-0.39, 0.29) is 30.5 Å². The van der Waals surface area contributed by atoms with Crippen LogP contribution in [-0.4, -0.2) is 38.2 Å². The summed E-state index contributed by atoms with van der Waals surface area (Å²) in [6, 6.07) is 22.0. The Kier molecular flexibility index (Phi) is 9.12. The van der Waals surface area contributed by atoms with Crippen LogP contribution in [0.25, 0.3) is 0 Å². The lowest BCUT2D eigenvalue weighted by Gasteiger charge is -2.21. The molecule has 184 valence electrons. The quantitative estimate of drug-likeness (QED) is 0.425. The van der Waals surface area contributed by atoms with Gasteiger partial charge in [0.2, 0.25) is 0 Å². The summed E-state index contributed by atoms with van der Waals surface area (Å²) >= 11 is 0. The van der Waals surface area contributed by atoms with Crippen molar-refractivity contribution in [1.29, 1.82) is 0 Å². The molecule has 2 amide bonds. The Morgan fingerprint density at radius 2 is 1.51 bits per heavy atom. The topological polar surface area (TPSA) is 85.9 Å². The fraction of sp³-hybridized carbons (Fsp3) is 0.286. The van der Waals surface area contributed by atoms with Crippen molar-refractivity contribution in [2.24, 2.45) is 0 Å². The van der Waals surface area contributed by atoms with E-state index in [0.717, 1.165) is 16.9 Å². The largest absolute Gasteiger partial charge is 0.494 e. The number of amides is 2. The minimum atomic E-state index is -0.360. The lowest BCUT2D eigenvalue weighted by molar-refractivity contribution is -0.123. The summed E-state index contributed by atoms with van der Waals surface area (Å²) in [4.78, 5) is 25.1. The summed E-state index contributed by atoms with van der Waals surface area (Å²) in [5.41, 5.74) is 2.29. The van der Waals surface area contributed by atoms with E-state index in [9.17, 15) is 9.59 Å². The van der Waals surface area contributed by atoms with E-state index in [2.05, 4.69) is 10.6 Å². The molecule has 3 aromatic carbocycles. The van der Waals surface area contributed by atoms with Gasteiger partial charge in [0.15, 0.2) is 18.1 Å². The van der Waals surface area contributed by atoms with Gasteiger partial charge < -0.3 is 24.8 Å². The van der Waals surface area contributed by atoms with Gasteiger partial charge in [-0.05, 0) is 62.2 Å². The molecule has 0 radical (unpaired) electrons. The van der Waals surface area contributed by atoms with Crippen LogP contribution in [0.1, 0.15) is 48.3 Å². The van der Waals surface area contributed by atoms with Crippen molar-refractivity contribution in [3.63, 3.8) is 0 Å². The summed E-state index contributed by atoms with van der Waals surface area (Å²) in [7, 11) is 1.49. The normalized spacial score (nSPS) is 11.5. The molecule has 35 heavy (non-hydrogen) atoms. The maximum Gasteiger partial charge on any atom is 0.258 e. The van der Waals surface area contributed by atoms with Crippen LogP contribution in [0, 0.1) is 0 Å². The second kappa shape index (κ2) is 12.5. The van der Waals surface area contributed by atoms with Crippen molar-refractivity contribution in [2.45, 2.75) is 32.9 Å². The number of benzene rings is 3. The summed E-state index contributed by atoms with van der Waals surface area (Å²) in [5, 5.41) is 5.89. The second-order valence-electron chi connectivity index (χ2n) is 8.20. The van der Waals surface area contributed by atoms with Gasteiger partial charge in [-0.3, -0.25) is 9.59 Å². The van der Waals surface area contributed by atoms with E-state index in [1.165, 1.54) is 7.11 Å². The van der Waals surface area contributed by atoms with Gasteiger partial charge in [-0.15, -0.1) is 0 Å². The molecule has 3 rings (SSSR count). The molecule has 2 N–H and O–H groups in total. The molecular formula is C28H32N2O5. The SMILES string of the molecule is CCOc1ccc(C(NC(=O)c2ccc(OCC(=O)NC(C)C)c(OC)c2)c2ccccc2)cc1. The molecule has 0 heterocycles. The molecule has 0 saturated heterocycles. The van der Waals surface area contributed by atoms with Gasteiger partial charge in [-0.1, -0.05) is 42.5 Å². The van der Waals surface area contributed by atoms with Crippen LogP contribution >= 0.6 is 0 Å². The Balaban J connectivity index is 1.79. The maximum atomic E-state index is 13.2. The van der Waals surface area contributed by atoms with Gasteiger partial charge in [-0.25, -0.2) is 0 Å². The van der Waals surface area contributed by atoms with E-state index >= 15 is 0 Å². The zero-order chi connectivity index (χ0) is 25.2. The second-order valence-corrected chi connectivity index (χ2v) is 8.20. The van der Waals surface area contributed by atoms with Crippen LogP contribution in [0.5, 0.6) is 17.2 Å². The Morgan fingerprint density at radius 1 is 0.829 bits per heavy atom.